The number of carbonyl (C=O) groups is 2. The van der Waals surface area contributed by atoms with E-state index in [2.05, 4.69) is 35.0 Å². The van der Waals surface area contributed by atoms with Gasteiger partial charge in [-0.2, -0.15) is 0 Å². The highest BCUT2D eigenvalue weighted by atomic mass is 32.1. The third-order valence-electron chi connectivity index (χ3n) is 7.06. The molecule has 1 N–H and O–H groups in total. The lowest BCUT2D eigenvalue weighted by molar-refractivity contribution is -0.124. The maximum atomic E-state index is 13.7. The number of hydrogen-bond acceptors (Lipinski definition) is 4. The van der Waals surface area contributed by atoms with E-state index in [9.17, 15) is 9.59 Å². The van der Waals surface area contributed by atoms with Crippen molar-refractivity contribution in [1.82, 2.24) is 15.1 Å². The van der Waals surface area contributed by atoms with Crippen molar-refractivity contribution in [1.29, 1.82) is 0 Å². The molecule has 2 heterocycles. The highest BCUT2D eigenvalue weighted by Gasteiger charge is 2.47. The van der Waals surface area contributed by atoms with Crippen LogP contribution in [0.5, 0.6) is 0 Å². The van der Waals surface area contributed by atoms with Gasteiger partial charge < -0.3 is 15.1 Å². The molecular formula is C26H35N3O2S. The van der Waals surface area contributed by atoms with Crippen LogP contribution in [0.3, 0.4) is 0 Å². The summed E-state index contributed by atoms with van der Waals surface area (Å²) in [7, 11) is 0. The van der Waals surface area contributed by atoms with E-state index in [0.717, 1.165) is 62.2 Å². The first-order valence-electron chi connectivity index (χ1n) is 12.1. The third kappa shape index (κ3) is 4.62. The summed E-state index contributed by atoms with van der Waals surface area (Å²) in [6.45, 7) is 8.03. The van der Waals surface area contributed by atoms with Gasteiger partial charge in [-0.3, -0.25) is 9.59 Å². The van der Waals surface area contributed by atoms with Crippen molar-refractivity contribution in [2.24, 2.45) is 0 Å². The SMILES string of the molecule is CCN(CC)CCCNC(=O)[C@@H]1c2ccccc2C(=O)N(C2CCCC2)[C@@H]1c1cccs1. The topological polar surface area (TPSA) is 52.7 Å². The minimum Gasteiger partial charge on any atom is -0.355 e. The van der Waals surface area contributed by atoms with Gasteiger partial charge in [0.2, 0.25) is 5.91 Å². The number of rotatable bonds is 9. The summed E-state index contributed by atoms with van der Waals surface area (Å²) in [5, 5.41) is 5.26. The zero-order valence-corrected chi connectivity index (χ0v) is 20.1. The molecule has 1 fully saturated rings. The van der Waals surface area contributed by atoms with Gasteiger partial charge in [0, 0.05) is 23.0 Å². The Morgan fingerprint density at radius 1 is 1.12 bits per heavy atom. The first-order valence-corrected chi connectivity index (χ1v) is 13.0. The molecule has 2 amide bonds. The molecule has 2 aromatic rings. The largest absolute Gasteiger partial charge is 0.355 e. The second-order valence-electron chi connectivity index (χ2n) is 8.85. The summed E-state index contributed by atoms with van der Waals surface area (Å²) in [6, 6.07) is 11.8. The highest BCUT2D eigenvalue weighted by Crippen LogP contribution is 2.47. The Bertz CT molecular complexity index is 904. The monoisotopic (exact) mass is 453 g/mol. The summed E-state index contributed by atoms with van der Waals surface area (Å²) >= 11 is 1.65. The van der Waals surface area contributed by atoms with Crippen LogP contribution in [0.2, 0.25) is 0 Å². The van der Waals surface area contributed by atoms with Gasteiger partial charge in [0.1, 0.15) is 0 Å². The van der Waals surface area contributed by atoms with Crippen molar-refractivity contribution >= 4 is 23.2 Å². The zero-order chi connectivity index (χ0) is 22.5. The summed E-state index contributed by atoms with van der Waals surface area (Å²) in [5.41, 5.74) is 1.56. The average molecular weight is 454 g/mol. The molecule has 5 nitrogen and oxygen atoms in total. The number of nitrogens with one attached hydrogen (secondary N) is 1. The lowest BCUT2D eigenvalue weighted by Crippen LogP contribution is -2.50. The molecule has 1 aliphatic carbocycles. The Kier molecular flexibility index (Phi) is 7.63. The van der Waals surface area contributed by atoms with Crippen LogP contribution in [0.25, 0.3) is 0 Å². The number of nitrogens with zero attached hydrogens (tertiary/aromatic N) is 2. The summed E-state index contributed by atoms with van der Waals surface area (Å²) < 4.78 is 0. The number of fused-ring (bicyclic) bond motifs is 1. The second-order valence-corrected chi connectivity index (χ2v) is 9.83. The zero-order valence-electron chi connectivity index (χ0n) is 19.3. The fourth-order valence-corrected chi connectivity index (χ4v) is 6.20. The Labute approximate surface area is 195 Å². The molecule has 0 unspecified atom stereocenters. The van der Waals surface area contributed by atoms with E-state index in [1.54, 1.807) is 11.3 Å². The maximum Gasteiger partial charge on any atom is 0.254 e. The molecule has 6 heteroatoms. The lowest BCUT2D eigenvalue weighted by Gasteiger charge is -2.44. The van der Waals surface area contributed by atoms with Crippen LogP contribution in [-0.4, -0.2) is 53.8 Å². The van der Waals surface area contributed by atoms with Gasteiger partial charge in [0.25, 0.3) is 5.91 Å². The number of benzene rings is 1. The molecule has 1 saturated carbocycles. The Balaban J connectivity index is 1.63. The predicted octanol–water partition coefficient (Wildman–Crippen LogP) is 4.82. The van der Waals surface area contributed by atoms with Crippen LogP contribution in [-0.2, 0) is 4.79 Å². The fraction of sp³-hybridized carbons (Fsp3) is 0.538. The maximum absolute atomic E-state index is 13.7. The Hall–Kier alpha value is -2.18. The first kappa shape index (κ1) is 23.0. The van der Waals surface area contributed by atoms with E-state index in [1.165, 1.54) is 0 Å². The molecule has 0 spiro atoms. The van der Waals surface area contributed by atoms with E-state index in [4.69, 9.17) is 0 Å². The van der Waals surface area contributed by atoms with Crippen LogP contribution >= 0.6 is 11.3 Å². The van der Waals surface area contributed by atoms with Crippen LogP contribution in [0.15, 0.2) is 41.8 Å². The van der Waals surface area contributed by atoms with Crippen molar-refractivity contribution < 1.29 is 9.59 Å². The minimum absolute atomic E-state index is 0.0332. The Morgan fingerprint density at radius 3 is 2.56 bits per heavy atom. The number of thiophene rings is 1. The molecule has 1 aromatic carbocycles. The van der Waals surface area contributed by atoms with Gasteiger partial charge in [-0.25, -0.2) is 0 Å². The smallest absolute Gasteiger partial charge is 0.254 e. The molecular weight excluding hydrogens is 418 g/mol. The Morgan fingerprint density at radius 2 is 1.88 bits per heavy atom. The van der Waals surface area contributed by atoms with Gasteiger partial charge in [-0.15, -0.1) is 11.3 Å². The predicted molar refractivity (Wildman–Crippen MR) is 130 cm³/mol. The quantitative estimate of drug-likeness (QED) is 0.554. The molecule has 0 bridgehead atoms. The lowest BCUT2D eigenvalue weighted by atomic mass is 9.80. The third-order valence-corrected chi connectivity index (χ3v) is 8.00. The first-order chi connectivity index (χ1) is 15.7. The molecule has 172 valence electrons. The number of carbonyl (C=O) groups excluding carboxylic acids is 2. The van der Waals surface area contributed by atoms with Crippen molar-refractivity contribution in [2.45, 2.75) is 64.0 Å². The molecule has 2 aliphatic rings. The van der Waals surface area contributed by atoms with Crippen LogP contribution in [0, 0.1) is 0 Å². The highest BCUT2D eigenvalue weighted by molar-refractivity contribution is 7.10. The molecule has 4 rings (SSSR count). The van der Waals surface area contributed by atoms with Crippen molar-refractivity contribution in [3.05, 3.63) is 57.8 Å². The standard InChI is InChI=1S/C26H35N3O2S/c1-3-28(4-2)17-10-16-27-25(30)23-20-13-7-8-14-21(20)26(31)29(19-11-5-6-12-19)24(23)22-15-9-18-32-22/h7-9,13-15,18-19,23-24H,3-6,10-12,16-17H2,1-2H3,(H,27,30)/t23-,24-/m1/s1. The van der Waals surface area contributed by atoms with E-state index in [0.29, 0.717) is 12.1 Å². The van der Waals surface area contributed by atoms with E-state index in [1.807, 2.05) is 35.7 Å². The van der Waals surface area contributed by atoms with Gasteiger partial charge in [-0.1, -0.05) is 51.0 Å². The summed E-state index contributed by atoms with van der Waals surface area (Å²) in [6.07, 6.45) is 5.27. The van der Waals surface area contributed by atoms with Gasteiger partial charge in [0.15, 0.2) is 0 Å². The van der Waals surface area contributed by atoms with Gasteiger partial charge in [-0.05, 0) is 62.0 Å². The minimum atomic E-state index is -0.378. The fourth-order valence-electron chi connectivity index (χ4n) is 5.34. The summed E-state index contributed by atoms with van der Waals surface area (Å²) in [4.78, 5) is 32.9. The molecule has 2 atom stereocenters. The van der Waals surface area contributed by atoms with E-state index in [-0.39, 0.29) is 29.8 Å². The van der Waals surface area contributed by atoms with Crippen molar-refractivity contribution in [3.63, 3.8) is 0 Å². The molecule has 32 heavy (non-hydrogen) atoms. The second kappa shape index (κ2) is 10.6. The van der Waals surface area contributed by atoms with E-state index >= 15 is 0 Å². The van der Waals surface area contributed by atoms with Crippen molar-refractivity contribution in [2.75, 3.05) is 26.2 Å². The normalized spacial score (nSPS) is 21.2. The molecule has 1 aliphatic heterocycles. The van der Waals surface area contributed by atoms with Crippen LogP contribution < -0.4 is 5.32 Å². The van der Waals surface area contributed by atoms with Crippen LogP contribution in [0.1, 0.15) is 78.7 Å². The number of hydrogen-bond donors (Lipinski definition) is 1. The van der Waals surface area contributed by atoms with Crippen molar-refractivity contribution in [3.8, 4) is 0 Å². The van der Waals surface area contributed by atoms with E-state index < -0.39 is 0 Å². The van der Waals surface area contributed by atoms with Gasteiger partial charge >= 0.3 is 0 Å². The molecule has 0 saturated heterocycles. The van der Waals surface area contributed by atoms with Gasteiger partial charge in [0.05, 0.1) is 12.0 Å². The molecule has 0 radical (unpaired) electrons. The van der Waals surface area contributed by atoms with Crippen LogP contribution in [0.4, 0.5) is 0 Å². The number of amides is 2. The molecule has 1 aromatic heterocycles. The summed E-state index contributed by atoms with van der Waals surface area (Å²) in [5.74, 6) is -0.265. The average Bonchev–Trinajstić information content (AvgIpc) is 3.53.